The maximum absolute atomic E-state index is 12.7. The Kier molecular flexibility index (Phi) is 5.27. The van der Waals surface area contributed by atoms with Crippen molar-refractivity contribution in [1.82, 2.24) is 24.9 Å². The fourth-order valence-electron chi connectivity index (χ4n) is 3.34. The molecular weight excluding hydrogens is 386 g/mol. The number of aromatic nitrogens is 4. The summed E-state index contributed by atoms with van der Waals surface area (Å²) in [5.74, 6) is -0.214. The molecule has 0 aliphatic carbocycles. The first-order valence-corrected chi connectivity index (χ1v) is 9.66. The summed E-state index contributed by atoms with van der Waals surface area (Å²) < 4.78 is 1.72. The highest BCUT2D eigenvalue weighted by Gasteiger charge is 2.18. The van der Waals surface area contributed by atoms with E-state index in [-0.39, 0.29) is 5.91 Å². The van der Waals surface area contributed by atoms with E-state index in [1.54, 1.807) is 23.1 Å². The first-order valence-electron chi connectivity index (χ1n) is 9.29. The quantitative estimate of drug-likeness (QED) is 0.546. The van der Waals surface area contributed by atoms with Crippen molar-refractivity contribution in [2.75, 3.05) is 0 Å². The summed E-state index contributed by atoms with van der Waals surface area (Å²) in [4.78, 5) is 21.4. The van der Waals surface area contributed by atoms with Gasteiger partial charge in [0.25, 0.3) is 5.91 Å². The Balaban J connectivity index is 1.63. The van der Waals surface area contributed by atoms with E-state index < -0.39 is 0 Å². The maximum Gasteiger partial charge on any atom is 0.257 e. The molecule has 6 nitrogen and oxygen atoms in total. The van der Waals surface area contributed by atoms with Crippen LogP contribution in [0.25, 0.3) is 5.65 Å². The van der Waals surface area contributed by atoms with Crippen LogP contribution in [0.1, 0.15) is 38.4 Å². The molecule has 0 aliphatic rings. The largest absolute Gasteiger partial charge is 0.348 e. The van der Waals surface area contributed by atoms with Crippen molar-refractivity contribution in [3.63, 3.8) is 0 Å². The van der Waals surface area contributed by atoms with Crippen LogP contribution in [-0.4, -0.2) is 25.5 Å². The summed E-state index contributed by atoms with van der Waals surface area (Å²) in [6, 6.07) is 11.5. The molecule has 3 heterocycles. The van der Waals surface area contributed by atoms with Crippen molar-refractivity contribution < 1.29 is 4.79 Å². The van der Waals surface area contributed by atoms with E-state index in [4.69, 9.17) is 11.6 Å². The molecule has 4 rings (SSSR count). The van der Waals surface area contributed by atoms with Crippen molar-refractivity contribution in [1.29, 1.82) is 0 Å². The molecule has 0 radical (unpaired) electrons. The van der Waals surface area contributed by atoms with Crippen LogP contribution in [-0.2, 0) is 13.0 Å². The smallest absolute Gasteiger partial charge is 0.257 e. The van der Waals surface area contributed by atoms with Gasteiger partial charge in [-0.15, -0.1) is 0 Å². The van der Waals surface area contributed by atoms with E-state index in [0.717, 1.165) is 33.1 Å². The van der Waals surface area contributed by atoms with Gasteiger partial charge in [0.05, 0.1) is 6.20 Å². The minimum Gasteiger partial charge on any atom is -0.348 e. The van der Waals surface area contributed by atoms with Gasteiger partial charge in [0.2, 0.25) is 0 Å². The summed E-state index contributed by atoms with van der Waals surface area (Å²) in [5, 5.41) is 8.04. The van der Waals surface area contributed by atoms with Crippen molar-refractivity contribution in [2.45, 2.75) is 26.8 Å². The van der Waals surface area contributed by atoms with E-state index in [0.29, 0.717) is 24.2 Å². The number of fused-ring (bicyclic) bond motifs is 1. The van der Waals surface area contributed by atoms with Crippen LogP contribution in [0.3, 0.4) is 0 Å². The molecule has 29 heavy (non-hydrogen) atoms. The number of benzene rings is 1. The Labute approximate surface area is 173 Å². The molecule has 4 aromatic rings. The molecule has 0 saturated heterocycles. The molecule has 0 unspecified atom stereocenters. The van der Waals surface area contributed by atoms with Crippen LogP contribution in [0.15, 0.2) is 55.0 Å². The molecule has 146 valence electrons. The van der Waals surface area contributed by atoms with Crippen molar-refractivity contribution in [3.8, 4) is 0 Å². The number of aryl methyl sites for hydroxylation is 2. The number of amides is 1. The van der Waals surface area contributed by atoms with Crippen molar-refractivity contribution in [3.05, 3.63) is 93.7 Å². The van der Waals surface area contributed by atoms with Crippen molar-refractivity contribution in [2.24, 2.45) is 0 Å². The molecule has 0 atom stereocenters. The summed E-state index contributed by atoms with van der Waals surface area (Å²) in [6.45, 7) is 4.33. The summed E-state index contributed by atoms with van der Waals surface area (Å²) >= 11 is 6.33. The van der Waals surface area contributed by atoms with Gasteiger partial charge in [-0.1, -0.05) is 35.9 Å². The van der Waals surface area contributed by atoms with Gasteiger partial charge >= 0.3 is 0 Å². The molecule has 0 spiro atoms. The highest BCUT2D eigenvalue weighted by atomic mass is 35.5. The average molecular weight is 406 g/mol. The number of hydrogen-bond donors (Lipinski definition) is 1. The molecule has 1 aromatic carbocycles. The normalized spacial score (nSPS) is 11.0. The Morgan fingerprint density at radius 2 is 1.97 bits per heavy atom. The van der Waals surface area contributed by atoms with Gasteiger partial charge in [-0.25, -0.2) is 9.50 Å². The molecule has 0 saturated carbocycles. The maximum atomic E-state index is 12.7. The molecule has 0 aliphatic heterocycles. The van der Waals surface area contributed by atoms with Gasteiger partial charge in [0.15, 0.2) is 5.65 Å². The fourth-order valence-corrected chi connectivity index (χ4v) is 3.54. The van der Waals surface area contributed by atoms with Crippen LogP contribution >= 0.6 is 11.6 Å². The lowest BCUT2D eigenvalue weighted by molar-refractivity contribution is 0.0952. The lowest BCUT2D eigenvalue weighted by atomic mass is 10.0. The first-order chi connectivity index (χ1) is 14.0. The summed E-state index contributed by atoms with van der Waals surface area (Å²) in [5.41, 5.74) is 5.81. The number of halogens is 1. The highest BCUT2D eigenvalue weighted by Crippen LogP contribution is 2.24. The molecule has 1 amide bonds. The van der Waals surface area contributed by atoms with Gasteiger partial charge in [0.1, 0.15) is 5.56 Å². The van der Waals surface area contributed by atoms with E-state index in [9.17, 15) is 4.79 Å². The van der Waals surface area contributed by atoms with Gasteiger partial charge in [0, 0.05) is 41.8 Å². The number of hydrogen-bond acceptors (Lipinski definition) is 4. The van der Waals surface area contributed by atoms with Crippen LogP contribution < -0.4 is 5.32 Å². The first kappa shape index (κ1) is 19.1. The van der Waals surface area contributed by atoms with Gasteiger partial charge in [-0.2, -0.15) is 5.10 Å². The molecule has 7 heteroatoms. The van der Waals surface area contributed by atoms with Crippen LogP contribution in [0, 0.1) is 13.8 Å². The van der Waals surface area contributed by atoms with Gasteiger partial charge < -0.3 is 5.32 Å². The number of carbonyl (C=O) groups excluding carboxylic acids is 1. The zero-order valence-electron chi connectivity index (χ0n) is 16.2. The van der Waals surface area contributed by atoms with E-state index >= 15 is 0 Å². The Bertz CT molecular complexity index is 1190. The lowest BCUT2D eigenvalue weighted by Gasteiger charge is -2.12. The Morgan fingerprint density at radius 3 is 2.72 bits per heavy atom. The highest BCUT2D eigenvalue weighted by molar-refractivity contribution is 6.31. The standard InChI is InChI=1S/C22H20ClN5O/c1-14-18(10-17-7-3-4-8-20(17)23)15(2)28-21(27-14)19(13-26-28)22(29)25-12-16-6-5-9-24-11-16/h3-9,11,13H,10,12H2,1-2H3,(H,25,29). The van der Waals surface area contributed by atoms with Crippen LogP contribution in [0.5, 0.6) is 0 Å². The summed E-state index contributed by atoms with van der Waals surface area (Å²) in [6.07, 6.45) is 5.64. The Hall–Kier alpha value is -3.25. The zero-order chi connectivity index (χ0) is 20.4. The second kappa shape index (κ2) is 8.01. The topological polar surface area (TPSA) is 72.2 Å². The Morgan fingerprint density at radius 1 is 1.14 bits per heavy atom. The molecule has 0 bridgehead atoms. The van der Waals surface area contributed by atoms with Gasteiger partial charge in [-0.05, 0) is 42.7 Å². The molecule has 0 fully saturated rings. The molecule has 1 N–H and O–H groups in total. The van der Waals surface area contributed by atoms with E-state index in [1.165, 1.54) is 0 Å². The third-order valence-corrected chi connectivity index (χ3v) is 5.32. The van der Waals surface area contributed by atoms with E-state index in [2.05, 4.69) is 20.4 Å². The second-order valence-corrected chi connectivity index (χ2v) is 7.27. The zero-order valence-corrected chi connectivity index (χ0v) is 16.9. The SMILES string of the molecule is Cc1nc2c(C(=O)NCc3cccnc3)cnn2c(C)c1Cc1ccccc1Cl. The summed E-state index contributed by atoms with van der Waals surface area (Å²) in [7, 11) is 0. The predicted octanol–water partition coefficient (Wildman–Crippen LogP) is 3.92. The number of nitrogens with one attached hydrogen (secondary N) is 1. The lowest BCUT2D eigenvalue weighted by Crippen LogP contribution is -2.23. The van der Waals surface area contributed by atoms with Crippen LogP contribution in [0.2, 0.25) is 5.02 Å². The second-order valence-electron chi connectivity index (χ2n) is 6.87. The van der Waals surface area contributed by atoms with Gasteiger partial charge in [-0.3, -0.25) is 9.78 Å². The molecular formula is C22H20ClN5O. The number of nitrogens with zero attached hydrogens (tertiary/aromatic N) is 4. The third-order valence-electron chi connectivity index (χ3n) is 4.95. The predicted molar refractivity (Wildman–Crippen MR) is 112 cm³/mol. The third kappa shape index (κ3) is 3.84. The number of pyridine rings is 1. The average Bonchev–Trinajstić information content (AvgIpc) is 3.15. The van der Waals surface area contributed by atoms with E-state index in [1.807, 2.05) is 50.2 Å². The number of rotatable bonds is 5. The van der Waals surface area contributed by atoms with Crippen molar-refractivity contribution >= 4 is 23.2 Å². The minimum absolute atomic E-state index is 0.214. The monoisotopic (exact) mass is 405 g/mol. The molecule has 3 aromatic heterocycles. The number of carbonyl (C=O) groups is 1. The van der Waals surface area contributed by atoms with Crippen LogP contribution in [0.4, 0.5) is 0 Å². The fraction of sp³-hybridized carbons (Fsp3) is 0.182. The minimum atomic E-state index is -0.214.